The lowest BCUT2D eigenvalue weighted by Gasteiger charge is -2.12. The molecule has 5 aromatic rings. The first kappa shape index (κ1) is 20.9. The molecule has 0 saturated carbocycles. The molecule has 1 unspecified atom stereocenters. The molecular weight excluding hydrogens is 427 g/mol. The van der Waals surface area contributed by atoms with Crippen LogP contribution in [0.2, 0.25) is 0 Å². The quantitative estimate of drug-likeness (QED) is 0.328. The maximum Gasteiger partial charge on any atom is 0.160 e. The van der Waals surface area contributed by atoms with Gasteiger partial charge in [0.2, 0.25) is 0 Å². The van der Waals surface area contributed by atoms with Crippen LogP contribution in [0.3, 0.4) is 0 Å². The van der Waals surface area contributed by atoms with Crippen LogP contribution in [0, 0.1) is 5.82 Å². The van der Waals surface area contributed by atoms with Gasteiger partial charge in [-0.1, -0.05) is 30.3 Å². The van der Waals surface area contributed by atoms with E-state index in [1.54, 1.807) is 54.2 Å². The van der Waals surface area contributed by atoms with Crippen molar-refractivity contribution >= 4 is 22.4 Å². The molecule has 0 aliphatic rings. The fraction of sp³-hybridized carbons (Fsp3) is 0.174. The number of aliphatic hydroxyl groups is 2. The molecule has 0 fully saturated rings. The molecule has 3 N–H and O–H groups in total. The molecule has 5 rings (SSSR count). The molecular formula is C23H21FN6O3. The highest BCUT2D eigenvalue weighted by Crippen LogP contribution is 2.32. The van der Waals surface area contributed by atoms with E-state index >= 15 is 4.39 Å². The molecule has 0 radical (unpaired) electrons. The van der Waals surface area contributed by atoms with E-state index in [0.717, 1.165) is 0 Å². The summed E-state index contributed by atoms with van der Waals surface area (Å²) in [4.78, 5) is 4.54. The van der Waals surface area contributed by atoms with Crippen LogP contribution in [0.25, 0.3) is 27.8 Å². The van der Waals surface area contributed by atoms with Crippen LogP contribution in [0.1, 0.15) is 11.8 Å². The fourth-order valence-corrected chi connectivity index (χ4v) is 3.74. The predicted octanol–water partition coefficient (Wildman–Crippen LogP) is 2.99. The van der Waals surface area contributed by atoms with E-state index in [9.17, 15) is 10.2 Å². The summed E-state index contributed by atoms with van der Waals surface area (Å²) in [7, 11) is 1.55. The first-order valence-electron chi connectivity index (χ1n) is 10.3. The second-order valence-electron chi connectivity index (χ2n) is 7.40. The van der Waals surface area contributed by atoms with E-state index in [2.05, 4.69) is 20.5 Å². The number of fused-ring (bicyclic) bond motifs is 2. The number of hydrogen-bond acceptors (Lipinski definition) is 7. The van der Waals surface area contributed by atoms with Crippen molar-refractivity contribution < 1.29 is 19.3 Å². The zero-order valence-corrected chi connectivity index (χ0v) is 17.7. The van der Waals surface area contributed by atoms with Crippen LogP contribution in [0.4, 0.5) is 10.2 Å². The van der Waals surface area contributed by atoms with Gasteiger partial charge in [-0.05, 0) is 12.1 Å². The third-order valence-corrected chi connectivity index (χ3v) is 5.36. The van der Waals surface area contributed by atoms with Gasteiger partial charge >= 0.3 is 0 Å². The number of nitrogens with zero attached hydrogens (tertiary/aromatic N) is 5. The molecule has 168 valence electrons. The maximum absolute atomic E-state index is 15.3. The molecule has 0 saturated heterocycles. The lowest BCUT2D eigenvalue weighted by Crippen LogP contribution is -2.11. The summed E-state index contributed by atoms with van der Waals surface area (Å²) in [5.41, 5.74) is 2.22. The number of pyridine rings is 2. The van der Waals surface area contributed by atoms with E-state index in [1.165, 1.54) is 16.9 Å². The predicted molar refractivity (Wildman–Crippen MR) is 120 cm³/mol. The largest absolute Gasteiger partial charge is 0.497 e. The Morgan fingerprint density at radius 2 is 2.00 bits per heavy atom. The number of nitrogens with one attached hydrogen (secondary N) is 1. The minimum absolute atomic E-state index is 0.0972. The fourth-order valence-electron chi connectivity index (χ4n) is 3.74. The van der Waals surface area contributed by atoms with Gasteiger partial charge in [0.25, 0.3) is 0 Å². The summed E-state index contributed by atoms with van der Waals surface area (Å²) in [5.74, 6) is 0.299. The average molecular weight is 448 g/mol. The van der Waals surface area contributed by atoms with Crippen LogP contribution in [0.15, 0.2) is 60.9 Å². The summed E-state index contributed by atoms with van der Waals surface area (Å²) in [6, 6.07) is 13.8. The monoisotopic (exact) mass is 448 g/mol. The molecule has 33 heavy (non-hydrogen) atoms. The molecule has 0 bridgehead atoms. The van der Waals surface area contributed by atoms with Gasteiger partial charge in [-0.2, -0.15) is 10.2 Å². The molecule has 0 aliphatic carbocycles. The van der Waals surface area contributed by atoms with E-state index in [-0.39, 0.29) is 24.7 Å². The summed E-state index contributed by atoms with van der Waals surface area (Å²) in [5, 5.41) is 32.0. The third-order valence-electron chi connectivity index (χ3n) is 5.36. The minimum atomic E-state index is -1.05. The van der Waals surface area contributed by atoms with Gasteiger partial charge < -0.3 is 20.3 Å². The van der Waals surface area contributed by atoms with Crippen LogP contribution in [-0.2, 0) is 6.54 Å². The van der Waals surface area contributed by atoms with Gasteiger partial charge in [-0.25, -0.2) is 18.6 Å². The topological polar surface area (TPSA) is 110 Å². The molecule has 0 aliphatic heterocycles. The van der Waals surface area contributed by atoms with E-state index in [1.807, 2.05) is 6.07 Å². The number of anilines is 1. The third kappa shape index (κ3) is 3.75. The SMILES string of the molecule is COc1ccn2ncc(-c3nc4c(cc3F)c(NC(O)c3ccccc3)nn4CCO)c2c1. The molecule has 1 aromatic carbocycles. The van der Waals surface area contributed by atoms with Gasteiger partial charge in [-0.15, -0.1) is 0 Å². The van der Waals surface area contributed by atoms with Crippen molar-refractivity contribution in [3.63, 3.8) is 0 Å². The Labute approximate surface area is 187 Å². The van der Waals surface area contributed by atoms with E-state index in [4.69, 9.17) is 4.74 Å². The van der Waals surface area contributed by atoms with Crippen molar-refractivity contribution in [2.45, 2.75) is 12.8 Å². The minimum Gasteiger partial charge on any atom is -0.497 e. The normalized spacial score (nSPS) is 12.4. The summed E-state index contributed by atoms with van der Waals surface area (Å²) in [6.07, 6.45) is 2.20. The highest BCUT2D eigenvalue weighted by atomic mass is 19.1. The Kier molecular flexibility index (Phi) is 5.37. The van der Waals surface area contributed by atoms with Crippen molar-refractivity contribution in [2.75, 3.05) is 19.0 Å². The smallest absolute Gasteiger partial charge is 0.160 e. The Bertz CT molecular complexity index is 1430. The zero-order chi connectivity index (χ0) is 22.9. The standard InChI is InChI=1S/C23H21FN6O3/c1-33-15-7-8-29-19(11-15)17(13-25-29)20-18(24)12-16-21(28-30(9-10-31)22(16)26-20)27-23(32)14-5-3-2-4-6-14/h2-8,11-13,23,31-32H,9-10H2,1H3,(H,27,28). The number of aromatic nitrogens is 5. The number of aliphatic hydroxyl groups excluding tert-OH is 2. The average Bonchev–Trinajstić information content (AvgIpc) is 3.40. The number of methoxy groups -OCH3 is 1. The summed E-state index contributed by atoms with van der Waals surface area (Å²) in [6.45, 7) is -0.0277. The van der Waals surface area contributed by atoms with Crippen molar-refractivity contribution in [1.29, 1.82) is 0 Å². The molecule has 1 atom stereocenters. The van der Waals surface area contributed by atoms with E-state index < -0.39 is 12.0 Å². The Morgan fingerprint density at radius 1 is 1.18 bits per heavy atom. The van der Waals surface area contributed by atoms with Gasteiger partial charge in [0.05, 0.1) is 37.4 Å². The number of rotatable bonds is 7. The highest BCUT2D eigenvalue weighted by Gasteiger charge is 2.21. The second-order valence-corrected chi connectivity index (χ2v) is 7.40. The summed E-state index contributed by atoms with van der Waals surface area (Å²) < 4.78 is 23.7. The van der Waals surface area contributed by atoms with Crippen molar-refractivity contribution in [2.24, 2.45) is 0 Å². The molecule has 0 spiro atoms. The van der Waals surface area contributed by atoms with E-state index in [0.29, 0.717) is 33.4 Å². The van der Waals surface area contributed by atoms with Gasteiger partial charge in [0.1, 0.15) is 11.4 Å². The molecule has 4 aromatic heterocycles. The van der Waals surface area contributed by atoms with Crippen molar-refractivity contribution in [1.82, 2.24) is 24.4 Å². The maximum atomic E-state index is 15.3. The number of ether oxygens (including phenoxy) is 1. The highest BCUT2D eigenvalue weighted by molar-refractivity contribution is 5.91. The molecule has 10 heteroatoms. The Hall–Kier alpha value is -4.02. The molecule has 9 nitrogen and oxygen atoms in total. The first-order valence-corrected chi connectivity index (χ1v) is 10.3. The van der Waals surface area contributed by atoms with Crippen molar-refractivity contribution in [3.8, 4) is 17.0 Å². The Morgan fingerprint density at radius 3 is 2.76 bits per heavy atom. The van der Waals surface area contributed by atoms with Gasteiger partial charge in [-0.3, -0.25) is 0 Å². The Balaban J connectivity index is 1.62. The second kappa shape index (κ2) is 8.49. The zero-order valence-electron chi connectivity index (χ0n) is 17.7. The van der Waals surface area contributed by atoms with Crippen LogP contribution in [-0.4, -0.2) is 48.3 Å². The number of hydrogen-bond donors (Lipinski definition) is 3. The van der Waals surface area contributed by atoms with Crippen molar-refractivity contribution in [3.05, 3.63) is 72.3 Å². The summed E-state index contributed by atoms with van der Waals surface area (Å²) >= 11 is 0. The van der Waals surface area contributed by atoms with Crippen LogP contribution >= 0.6 is 0 Å². The lowest BCUT2D eigenvalue weighted by atomic mass is 10.1. The van der Waals surface area contributed by atoms with Crippen LogP contribution < -0.4 is 10.1 Å². The molecule has 0 amide bonds. The van der Waals surface area contributed by atoms with Gasteiger partial charge in [0, 0.05) is 23.4 Å². The number of halogens is 1. The van der Waals surface area contributed by atoms with Crippen LogP contribution in [0.5, 0.6) is 5.75 Å². The van der Waals surface area contributed by atoms with Gasteiger partial charge in [0.15, 0.2) is 23.5 Å². The number of benzene rings is 1. The first-order chi connectivity index (χ1) is 16.1. The molecule has 4 heterocycles. The lowest BCUT2D eigenvalue weighted by molar-refractivity contribution is 0.207.